The van der Waals surface area contributed by atoms with E-state index in [1.165, 1.54) is 6.07 Å². The topological polar surface area (TPSA) is 59.4 Å². The molecule has 0 aliphatic carbocycles. The van der Waals surface area contributed by atoms with E-state index in [4.69, 9.17) is 16.3 Å². The number of amides is 1. The third-order valence-electron chi connectivity index (χ3n) is 3.64. The lowest BCUT2D eigenvalue weighted by molar-refractivity contribution is 0.0194. The smallest absolute Gasteiger partial charge is 0.410 e. The Labute approximate surface area is 150 Å². The van der Waals surface area contributed by atoms with Gasteiger partial charge in [-0.05, 0) is 39.0 Å². The Bertz CT molecular complexity index is 800. The fraction of sp³-hybridized carbons (Fsp3) is 0.412. The zero-order valence-corrected chi connectivity index (χ0v) is 15.1. The first-order chi connectivity index (χ1) is 11.7. The highest BCUT2D eigenvalue weighted by Crippen LogP contribution is 2.24. The Morgan fingerprint density at radius 2 is 2.08 bits per heavy atom. The molecule has 1 aromatic heterocycles. The number of rotatable bonds is 2. The molecule has 0 saturated carbocycles. The Hall–Kier alpha value is -2.28. The third kappa shape index (κ3) is 4.22. The monoisotopic (exact) mass is 366 g/mol. The van der Waals surface area contributed by atoms with Crippen molar-refractivity contribution in [2.45, 2.75) is 39.5 Å². The highest BCUT2D eigenvalue weighted by atomic mass is 35.5. The zero-order chi connectivity index (χ0) is 18.2. The average molecular weight is 367 g/mol. The van der Waals surface area contributed by atoms with Crippen LogP contribution in [0, 0.1) is 5.82 Å². The van der Waals surface area contributed by atoms with Crippen LogP contribution in [0.2, 0.25) is 5.02 Å². The fourth-order valence-electron chi connectivity index (χ4n) is 2.54. The minimum absolute atomic E-state index is 0.295. The number of nitrogens with zero attached hydrogens (tertiary/aromatic N) is 3. The Morgan fingerprint density at radius 3 is 2.76 bits per heavy atom. The molecule has 1 aliphatic heterocycles. The van der Waals surface area contributed by atoms with Crippen LogP contribution in [0.1, 0.15) is 26.5 Å². The van der Waals surface area contributed by atoms with Gasteiger partial charge in [0.25, 0.3) is 0 Å². The predicted octanol–water partition coefficient (Wildman–Crippen LogP) is 4.17. The summed E-state index contributed by atoms with van der Waals surface area (Å²) < 4.78 is 21.1. The first-order valence-corrected chi connectivity index (χ1v) is 8.36. The van der Waals surface area contributed by atoms with E-state index in [0.717, 1.165) is 5.69 Å². The normalized spacial score (nSPS) is 14.2. The molecule has 1 N–H and O–H groups in total. The molecule has 0 fully saturated rings. The molecule has 0 bridgehead atoms. The SMILES string of the molecule is CC(C)(C)OC(=O)N1CCn2nc(Nc3ccc(Cl)cc3F)cc2C1. The number of hydrogen-bond donors (Lipinski definition) is 1. The number of carbonyl (C=O) groups excluding carboxylic acids is 1. The number of anilines is 2. The second-order valence-electron chi connectivity index (χ2n) is 6.90. The minimum atomic E-state index is -0.534. The molecule has 8 heteroatoms. The molecule has 0 saturated heterocycles. The fourth-order valence-corrected chi connectivity index (χ4v) is 2.70. The maximum absolute atomic E-state index is 13.9. The van der Waals surface area contributed by atoms with Gasteiger partial charge in [0.15, 0.2) is 5.82 Å². The first kappa shape index (κ1) is 17.5. The Kier molecular flexibility index (Phi) is 4.60. The average Bonchev–Trinajstić information content (AvgIpc) is 2.89. The van der Waals surface area contributed by atoms with Gasteiger partial charge in [-0.1, -0.05) is 11.6 Å². The Balaban J connectivity index is 1.71. The first-order valence-electron chi connectivity index (χ1n) is 7.98. The van der Waals surface area contributed by atoms with Crippen molar-refractivity contribution in [1.82, 2.24) is 14.7 Å². The van der Waals surface area contributed by atoms with Crippen molar-refractivity contribution in [1.29, 1.82) is 0 Å². The van der Waals surface area contributed by atoms with Crippen LogP contribution in [0.4, 0.5) is 20.7 Å². The van der Waals surface area contributed by atoms with E-state index in [9.17, 15) is 9.18 Å². The van der Waals surface area contributed by atoms with Crippen LogP contribution in [0.5, 0.6) is 0 Å². The van der Waals surface area contributed by atoms with Gasteiger partial charge in [0, 0.05) is 17.6 Å². The summed E-state index contributed by atoms with van der Waals surface area (Å²) >= 11 is 5.76. The van der Waals surface area contributed by atoms with Gasteiger partial charge in [-0.25, -0.2) is 9.18 Å². The minimum Gasteiger partial charge on any atom is -0.444 e. The highest BCUT2D eigenvalue weighted by molar-refractivity contribution is 6.30. The van der Waals surface area contributed by atoms with Crippen LogP contribution in [-0.4, -0.2) is 32.9 Å². The quantitative estimate of drug-likeness (QED) is 0.866. The largest absolute Gasteiger partial charge is 0.444 e. The standard InChI is InChI=1S/C17H20ClFN4O2/c1-17(2,3)25-16(24)22-6-7-23-12(10-22)9-15(21-23)20-14-5-4-11(18)8-13(14)19/h4-5,8-9H,6-7,10H2,1-3H3,(H,20,21). The molecule has 1 aliphatic rings. The lowest BCUT2D eigenvalue weighted by Gasteiger charge is -2.30. The summed E-state index contributed by atoms with van der Waals surface area (Å²) in [6.45, 7) is 6.97. The molecular weight excluding hydrogens is 347 g/mol. The Morgan fingerprint density at radius 1 is 1.32 bits per heavy atom. The maximum atomic E-state index is 13.9. The highest BCUT2D eigenvalue weighted by Gasteiger charge is 2.26. The molecule has 0 spiro atoms. The summed E-state index contributed by atoms with van der Waals surface area (Å²) in [5.74, 6) is 0.0658. The van der Waals surface area contributed by atoms with Crippen molar-refractivity contribution in [2.75, 3.05) is 11.9 Å². The van der Waals surface area contributed by atoms with E-state index in [0.29, 0.717) is 36.2 Å². The molecule has 2 heterocycles. The van der Waals surface area contributed by atoms with Crippen molar-refractivity contribution < 1.29 is 13.9 Å². The van der Waals surface area contributed by atoms with Gasteiger partial charge in [-0.3, -0.25) is 4.68 Å². The molecule has 0 unspecified atom stereocenters. The van der Waals surface area contributed by atoms with E-state index in [1.54, 1.807) is 27.8 Å². The van der Waals surface area contributed by atoms with Crippen LogP contribution in [0.25, 0.3) is 0 Å². The van der Waals surface area contributed by atoms with E-state index < -0.39 is 11.4 Å². The van der Waals surface area contributed by atoms with Gasteiger partial charge in [0.05, 0.1) is 24.5 Å². The summed E-state index contributed by atoms with van der Waals surface area (Å²) in [5, 5.41) is 7.68. The third-order valence-corrected chi connectivity index (χ3v) is 3.88. The summed E-state index contributed by atoms with van der Waals surface area (Å²) in [4.78, 5) is 13.8. The molecule has 0 atom stereocenters. The number of ether oxygens (including phenoxy) is 1. The van der Waals surface area contributed by atoms with Gasteiger partial charge in [-0.2, -0.15) is 5.10 Å². The van der Waals surface area contributed by atoms with Crippen LogP contribution >= 0.6 is 11.6 Å². The van der Waals surface area contributed by atoms with Crippen LogP contribution in [0.15, 0.2) is 24.3 Å². The summed E-state index contributed by atoms with van der Waals surface area (Å²) in [5.41, 5.74) is 0.617. The van der Waals surface area contributed by atoms with E-state index >= 15 is 0 Å². The number of fused-ring (bicyclic) bond motifs is 1. The maximum Gasteiger partial charge on any atom is 0.410 e. The molecule has 6 nitrogen and oxygen atoms in total. The van der Waals surface area contributed by atoms with Crippen molar-refractivity contribution >= 4 is 29.2 Å². The van der Waals surface area contributed by atoms with Crippen LogP contribution in [0.3, 0.4) is 0 Å². The van der Waals surface area contributed by atoms with Crippen molar-refractivity contribution in [3.63, 3.8) is 0 Å². The number of hydrogen-bond acceptors (Lipinski definition) is 4. The number of carbonyl (C=O) groups is 1. The van der Waals surface area contributed by atoms with Gasteiger partial charge in [0.1, 0.15) is 11.4 Å². The van der Waals surface area contributed by atoms with Gasteiger partial charge in [0.2, 0.25) is 0 Å². The molecule has 2 aromatic rings. The summed E-state index contributed by atoms with van der Waals surface area (Å²) in [6.07, 6.45) is -0.349. The number of aromatic nitrogens is 2. The van der Waals surface area contributed by atoms with Crippen molar-refractivity contribution in [3.8, 4) is 0 Å². The second kappa shape index (κ2) is 6.55. The molecule has 1 aromatic carbocycles. The van der Waals surface area contributed by atoms with Gasteiger partial charge in [-0.15, -0.1) is 0 Å². The number of halogens is 2. The molecule has 0 radical (unpaired) electrons. The number of nitrogens with one attached hydrogen (secondary N) is 1. The van der Waals surface area contributed by atoms with E-state index in [1.807, 2.05) is 20.8 Å². The van der Waals surface area contributed by atoms with Crippen LogP contribution < -0.4 is 5.32 Å². The lowest BCUT2D eigenvalue weighted by Crippen LogP contribution is -2.41. The molecule has 25 heavy (non-hydrogen) atoms. The predicted molar refractivity (Wildman–Crippen MR) is 93.6 cm³/mol. The summed E-state index contributed by atoms with van der Waals surface area (Å²) in [7, 11) is 0. The van der Waals surface area contributed by atoms with Crippen molar-refractivity contribution in [2.24, 2.45) is 0 Å². The molecular formula is C17H20ClFN4O2. The van der Waals surface area contributed by atoms with Gasteiger partial charge >= 0.3 is 6.09 Å². The van der Waals surface area contributed by atoms with Crippen LogP contribution in [-0.2, 0) is 17.8 Å². The van der Waals surface area contributed by atoms with E-state index in [2.05, 4.69) is 10.4 Å². The van der Waals surface area contributed by atoms with Gasteiger partial charge < -0.3 is 15.0 Å². The zero-order valence-electron chi connectivity index (χ0n) is 14.3. The van der Waals surface area contributed by atoms with Crippen molar-refractivity contribution in [3.05, 3.63) is 40.8 Å². The molecule has 3 rings (SSSR count). The van der Waals surface area contributed by atoms with E-state index in [-0.39, 0.29) is 6.09 Å². The number of benzene rings is 1. The summed E-state index contributed by atoms with van der Waals surface area (Å²) in [6, 6.07) is 6.20. The molecule has 1 amide bonds. The molecule has 134 valence electrons. The lowest BCUT2D eigenvalue weighted by atomic mass is 10.2. The second-order valence-corrected chi connectivity index (χ2v) is 7.33.